The minimum atomic E-state index is -0.622. The van der Waals surface area contributed by atoms with E-state index >= 15 is 0 Å². The summed E-state index contributed by atoms with van der Waals surface area (Å²) in [5, 5.41) is 27.1. The average molecular weight is 522 g/mol. The first-order chi connectivity index (χ1) is 18.0. The van der Waals surface area contributed by atoms with Gasteiger partial charge in [-0.05, 0) is 85.6 Å². The Bertz CT molecular complexity index is 1260. The van der Waals surface area contributed by atoms with Crippen LogP contribution in [-0.2, 0) is 12.2 Å². The van der Waals surface area contributed by atoms with Crippen LogP contribution in [0.2, 0.25) is 0 Å². The number of phenols is 1. The monoisotopic (exact) mass is 521 g/mol. The first-order valence-corrected chi connectivity index (χ1v) is 13.0. The van der Waals surface area contributed by atoms with Gasteiger partial charge < -0.3 is 29.5 Å². The number of rotatable bonds is 13. The fourth-order valence-corrected chi connectivity index (χ4v) is 4.28. The summed E-state index contributed by atoms with van der Waals surface area (Å²) >= 11 is 1.65. The molecule has 0 amide bonds. The highest BCUT2D eigenvalue weighted by Crippen LogP contribution is 2.25. The van der Waals surface area contributed by atoms with Gasteiger partial charge in [-0.3, -0.25) is 0 Å². The van der Waals surface area contributed by atoms with Crippen LogP contribution in [0, 0.1) is 6.92 Å². The van der Waals surface area contributed by atoms with Crippen LogP contribution in [0.25, 0.3) is 11.5 Å². The van der Waals surface area contributed by atoms with Crippen LogP contribution < -0.4 is 14.8 Å². The first kappa shape index (κ1) is 26.5. The number of nitrogens with zero attached hydrogens (tertiary/aromatic N) is 2. The molecule has 1 heterocycles. The molecule has 0 fully saturated rings. The third kappa shape index (κ3) is 7.98. The molecule has 0 saturated carbocycles. The van der Waals surface area contributed by atoms with Crippen LogP contribution in [0.1, 0.15) is 17.0 Å². The Kier molecular flexibility index (Phi) is 9.42. The van der Waals surface area contributed by atoms with E-state index in [9.17, 15) is 10.2 Å². The van der Waals surface area contributed by atoms with E-state index in [-0.39, 0.29) is 12.4 Å². The van der Waals surface area contributed by atoms with Gasteiger partial charge >= 0.3 is 0 Å². The fourth-order valence-electron chi connectivity index (χ4n) is 3.53. The average Bonchev–Trinajstić information content (AvgIpc) is 3.40. The first-order valence-electron chi connectivity index (χ1n) is 12.0. The zero-order valence-corrected chi connectivity index (χ0v) is 21.7. The van der Waals surface area contributed by atoms with Crippen molar-refractivity contribution in [2.75, 3.05) is 26.8 Å². The molecular formula is C28H31N3O5S. The number of hydrogen-bond acceptors (Lipinski definition) is 9. The molecule has 0 aliphatic rings. The lowest BCUT2D eigenvalue weighted by Crippen LogP contribution is -2.32. The van der Waals surface area contributed by atoms with E-state index in [2.05, 4.69) is 39.7 Å². The highest BCUT2D eigenvalue weighted by molar-refractivity contribution is 7.98. The van der Waals surface area contributed by atoms with E-state index in [4.69, 9.17) is 14.0 Å². The molecule has 9 heteroatoms. The number of nitrogens with one attached hydrogen (secondary N) is 1. The number of aromatic nitrogens is 2. The lowest BCUT2D eigenvalue weighted by Gasteiger charge is -2.14. The zero-order valence-electron chi connectivity index (χ0n) is 20.9. The molecule has 0 aliphatic heterocycles. The molecule has 0 aliphatic carbocycles. The molecule has 0 unspecified atom stereocenters. The maximum Gasteiger partial charge on any atom is 0.257 e. The van der Waals surface area contributed by atoms with E-state index in [1.54, 1.807) is 44.0 Å². The molecule has 37 heavy (non-hydrogen) atoms. The Morgan fingerprint density at radius 3 is 2.51 bits per heavy atom. The van der Waals surface area contributed by atoms with Gasteiger partial charge in [-0.15, -0.1) is 11.8 Å². The number of ether oxygens (including phenoxy) is 2. The second kappa shape index (κ2) is 13.1. The van der Waals surface area contributed by atoms with Crippen LogP contribution in [0.5, 0.6) is 17.2 Å². The van der Waals surface area contributed by atoms with E-state index < -0.39 is 6.10 Å². The molecular weight excluding hydrogens is 490 g/mol. The number of methoxy groups -OCH3 is 1. The van der Waals surface area contributed by atoms with Crippen molar-refractivity contribution in [2.24, 2.45) is 0 Å². The number of hydrogen-bond donors (Lipinski definition) is 3. The summed E-state index contributed by atoms with van der Waals surface area (Å²) in [6.07, 6.45) is 0.231. The number of aromatic hydroxyl groups is 1. The van der Waals surface area contributed by atoms with Gasteiger partial charge in [-0.2, -0.15) is 4.98 Å². The molecule has 3 N–H and O–H groups in total. The smallest absolute Gasteiger partial charge is 0.257 e. The van der Waals surface area contributed by atoms with Gasteiger partial charge in [0, 0.05) is 17.0 Å². The quantitative estimate of drug-likeness (QED) is 0.171. The number of aliphatic hydroxyl groups is 1. The predicted octanol–water partition coefficient (Wildman–Crippen LogP) is 4.62. The van der Waals surface area contributed by atoms with Crippen LogP contribution in [0.15, 0.2) is 76.1 Å². The minimum absolute atomic E-state index is 0.186. The van der Waals surface area contributed by atoms with Gasteiger partial charge in [-0.1, -0.05) is 17.3 Å². The van der Waals surface area contributed by atoms with Crippen LogP contribution >= 0.6 is 11.8 Å². The molecule has 194 valence electrons. The van der Waals surface area contributed by atoms with E-state index in [0.717, 1.165) is 34.7 Å². The number of thioether (sulfide) groups is 1. The van der Waals surface area contributed by atoms with Crippen molar-refractivity contribution in [3.05, 3.63) is 83.7 Å². The lowest BCUT2D eigenvalue weighted by atomic mass is 10.1. The van der Waals surface area contributed by atoms with Gasteiger partial charge in [0.15, 0.2) is 5.82 Å². The van der Waals surface area contributed by atoms with Gasteiger partial charge in [0.1, 0.15) is 30.0 Å². The molecule has 4 rings (SSSR count). The van der Waals surface area contributed by atoms with Crippen molar-refractivity contribution >= 4 is 11.8 Å². The Hall–Kier alpha value is -3.53. The van der Waals surface area contributed by atoms with Gasteiger partial charge in [0.2, 0.25) is 0 Å². The Morgan fingerprint density at radius 1 is 1.03 bits per heavy atom. The van der Waals surface area contributed by atoms with Gasteiger partial charge in [-0.25, -0.2) is 0 Å². The number of benzene rings is 3. The van der Waals surface area contributed by atoms with Crippen molar-refractivity contribution in [2.45, 2.75) is 30.1 Å². The van der Waals surface area contributed by atoms with Crippen molar-refractivity contribution in [3.63, 3.8) is 0 Å². The standard InChI is InChI=1S/C28H31N3O5S/c1-19-15-24(9-12-26(19)33)35-17-22(32)16-29-14-13-20-3-10-25(11-4-20)37-18-27-30-28(36-31-27)21-5-7-23(34-2)8-6-21/h3-12,15,22,29,32-33H,13-14,16-18H2,1-2H3/t22-/m0/s1. The summed E-state index contributed by atoms with van der Waals surface area (Å²) in [7, 11) is 1.63. The highest BCUT2D eigenvalue weighted by Gasteiger charge is 2.10. The third-order valence-corrected chi connectivity index (χ3v) is 6.69. The SMILES string of the molecule is COc1ccc(-c2nc(CSc3ccc(CCNC[C@H](O)COc4ccc(O)c(C)c4)cc3)no2)cc1. The number of aliphatic hydroxyl groups excluding tert-OH is 1. The largest absolute Gasteiger partial charge is 0.508 e. The fraction of sp³-hybridized carbons (Fsp3) is 0.286. The molecule has 8 nitrogen and oxygen atoms in total. The summed E-state index contributed by atoms with van der Waals surface area (Å²) in [6, 6.07) is 20.9. The Labute approximate surface area is 220 Å². The van der Waals surface area contributed by atoms with E-state index in [0.29, 0.717) is 29.8 Å². The molecule has 1 atom stereocenters. The minimum Gasteiger partial charge on any atom is -0.508 e. The topological polar surface area (TPSA) is 110 Å². The molecule has 3 aromatic carbocycles. The molecule has 0 radical (unpaired) electrons. The number of aryl methyl sites for hydroxylation is 1. The van der Waals surface area contributed by atoms with Crippen LogP contribution in [0.4, 0.5) is 0 Å². The summed E-state index contributed by atoms with van der Waals surface area (Å²) in [6.45, 7) is 3.18. The maximum absolute atomic E-state index is 10.1. The Morgan fingerprint density at radius 2 is 1.78 bits per heavy atom. The van der Waals surface area contributed by atoms with Crippen LogP contribution in [-0.4, -0.2) is 53.3 Å². The molecule has 0 bridgehead atoms. The Balaban J connectivity index is 1.14. The van der Waals surface area contributed by atoms with Gasteiger partial charge in [0.05, 0.1) is 12.9 Å². The summed E-state index contributed by atoms with van der Waals surface area (Å²) in [4.78, 5) is 5.61. The van der Waals surface area contributed by atoms with Crippen molar-refractivity contribution in [1.82, 2.24) is 15.5 Å². The van der Waals surface area contributed by atoms with E-state index in [1.807, 2.05) is 24.3 Å². The second-order valence-electron chi connectivity index (χ2n) is 8.54. The molecule has 1 aromatic heterocycles. The maximum atomic E-state index is 10.1. The molecule has 0 saturated heterocycles. The van der Waals surface area contributed by atoms with Crippen molar-refractivity contribution in [3.8, 4) is 28.7 Å². The van der Waals surface area contributed by atoms with E-state index in [1.165, 1.54) is 5.56 Å². The number of phenolic OH excluding ortho intramolecular Hbond substituents is 1. The highest BCUT2D eigenvalue weighted by atomic mass is 32.2. The summed E-state index contributed by atoms with van der Waals surface area (Å²) < 4.78 is 16.2. The van der Waals surface area contributed by atoms with Gasteiger partial charge in [0.25, 0.3) is 5.89 Å². The predicted molar refractivity (Wildman–Crippen MR) is 143 cm³/mol. The second-order valence-corrected chi connectivity index (χ2v) is 9.59. The molecule has 4 aromatic rings. The zero-order chi connectivity index (χ0) is 26.0. The normalized spacial score (nSPS) is 11.9. The van der Waals surface area contributed by atoms with Crippen molar-refractivity contribution in [1.29, 1.82) is 0 Å². The molecule has 0 spiro atoms. The summed E-state index contributed by atoms with van der Waals surface area (Å²) in [5.74, 6) is 3.39. The van der Waals surface area contributed by atoms with Crippen molar-refractivity contribution < 1.29 is 24.2 Å². The van der Waals surface area contributed by atoms with Crippen LogP contribution in [0.3, 0.4) is 0 Å². The lowest BCUT2D eigenvalue weighted by molar-refractivity contribution is 0.106. The summed E-state index contributed by atoms with van der Waals surface area (Å²) in [5.41, 5.74) is 2.81. The third-order valence-electron chi connectivity index (χ3n) is 5.68.